The Labute approximate surface area is 214 Å². The molecule has 1 aliphatic carbocycles. The number of halogens is 1. The third kappa shape index (κ3) is 8.21. The van der Waals surface area contributed by atoms with Crippen LogP contribution in [0.5, 0.6) is 5.75 Å². The highest BCUT2D eigenvalue weighted by atomic mass is 127. The number of ether oxygens (including phenoxy) is 1. The zero-order valence-corrected chi connectivity index (χ0v) is 21.7. The number of carbonyl (C=O) groups excluding carboxylic acids is 1. The van der Waals surface area contributed by atoms with Crippen molar-refractivity contribution in [1.82, 2.24) is 15.5 Å². The molecule has 7 heteroatoms. The zero-order chi connectivity index (χ0) is 22.2. The molecule has 1 saturated heterocycles. The molecule has 0 radical (unpaired) electrons. The van der Waals surface area contributed by atoms with Crippen molar-refractivity contribution in [2.24, 2.45) is 10.9 Å². The normalized spacial score (nSPS) is 17.9. The molecule has 4 rings (SSSR count). The molecule has 6 nitrogen and oxygen atoms in total. The molecular weight excluding hydrogens is 527 g/mol. The first kappa shape index (κ1) is 25.3. The minimum atomic E-state index is -0.0416. The summed E-state index contributed by atoms with van der Waals surface area (Å²) in [5.41, 5.74) is 2.64. The number of amides is 1. The molecule has 1 aliphatic heterocycles. The van der Waals surface area contributed by atoms with Gasteiger partial charge in [0.15, 0.2) is 12.6 Å². The first-order valence-corrected chi connectivity index (χ1v) is 11.7. The van der Waals surface area contributed by atoms with E-state index in [9.17, 15) is 4.79 Å². The molecule has 1 unspecified atom stereocenters. The number of hydrogen-bond acceptors (Lipinski definition) is 3. The van der Waals surface area contributed by atoms with Gasteiger partial charge in [0, 0.05) is 32.7 Å². The lowest BCUT2D eigenvalue weighted by molar-refractivity contribution is -0.123. The Kier molecular flexibility index (Phi) is 9.84. The summed E-state index contributed by atoms with van der Waals surface area (Å²) in [6.07, 6.45) is 5.42. The number of rotatable bonds is 9. The minimum Gasteiger partial charge on any atom is -0.484 e. The van der Waals surface area contributed by atoms with Crippen LogP contribution in [0.2, 0.25) is 0 Å². The Hall–Kier alpha value is -2.29. The van der Waals surface area contributed by atoms with Gasteiger partial charge in [0.2, 0.25) is 0 Å². The van der Waals surface area contributed by atoms with E-state index in [1.807, 2.05) is 19.2 Å². The molecule has 0 aromatic heterocycles. The lowest BCUT2D eigenvalue weighted by atomic mass is 9.99. The quantitative estimate of drug-likeness (QED) is 0.278. The van der Waals surface area contributed by atoms with E-state index in [0.717, 1.165) is 57.0 Å². The fourth-order valence-electron chi connectivity index (χ4n) is 4.19. The SMILES string of the molecule is CN=C(NCCc1ccc(OCC(=O)NC2CC2)cc1)N1CCC(Cc2ccccc2)C1.I. The van der Waals surface area contributed by atoms with Gasteiger partial charge in [0.05, 0.1) is 0 Å². The number of aliphatic imine (C=N–C) groups is 1. The van der Waals surface area contributed by atoms with Gasteiger partial charge in [-0.25, -0.2) is 0 Å². The van der Waals surface area contributed by atoms with Gasteiger partial charge in [0.1, 0.15) is 5.75 Å². The molecule has 0 bridgehead atoms. The van der Waals surface area contributed by atoms with Crippen molar-refractivity contribution in [1.29, 1.82) is 0 Å². The van der Waals surface area contributed by atoms with Gasteiger partial charge in [-0.15, -0.1) is 24.0 Å². The molecule has 1 atom stereocenters. The van der Waals surface area contributed by atoms with Crippen LogP contribution in [0.3, 0.4) is 0 Å². The highest BCUT2D eigenvalue weighted by molar-refractivity contribution is 14.0. The Morgan fingerprint density at radius 3 is 2.52 bits per heavy atom. The standard InChI is InChI=1S/C26H34N4O2.HI/c1-27-26(30-16-14-22(18-30)17-21-5-3-2-4-6-21)28-15-13-20-7-11-24(12-8-20)32-19-25(31)29-23-9-10-23;/h2-8,11-12,22-23H,9-10,13-19H2,1H3,(H,27,28)(H,29,31);1H. The highest BCUT2D eigenvalue weighted by Gasteiger charge is 2.25. The third-order valence-electron chi connectivity index (χ3n) is 6.10. The van der Waals surface area contributed by atoms with Crippen molar-refractivity contribution in [3.8, 4) is 5.75 Å². The summed E-state index contributed by atoms with van der Waals surface area (Å²) in [6.45, 7) is 3.01. The maximum Gasteiger partial charge on any atom is 0.258 e. The summed E-state index contributed by atoms with van der Waals surface area (Å²) in [4.78, 5) is 18.6. The van der Waals surface area contributed by atoms with Crippen LogP contribution in [0, 0.1) is 5.92 Å². The molecule has 2 aromatic carbocycles. The van der Waals surface area contributed by atoms with Crippen LogP contribution in [0.1, 0.15) is 30.4 Å². The molecule has 1 saturated carbocycles. The van der Waals surface area contributed by atoms with Crippen LogP contribution < -0.4 is 15.4 Å². The van der Waals surface area contributed by atoms with Gasteiger partial charge in [-0.1, -0.05) is 42.5 Å². The van der Waals surface area contributed by atoms with Crippen molar-refractivity contribution in [3.63, 3.8) is 0 Å². The fourth-order valence-corrected chi connectivity index (χ4v) is 4.19. The predicted octanol–water partition coefficient (Wildman–Crippen LogP) is 3.64. The summed E-state index contributed by atoms with van der Waals surface area (Å²) in [7, 11) is 1.86. The fraction of sp³-hybridized carbons (Fsp3) is 0.462. The van der Waals surface area contributed by atoms with Crippen molar-refractivity contribution in [3.05, 3.63) is 65.7 Å². The Bertz CT molecular complexity index is 900. The molecule has 178 valence electrons. The number of likely N-dealkylation sites (tertiary alicyclic amines) is 1. The van der Waals surface area contributed by atoms with Crippen molar-refractivity contribution in [2.75, 3.05) is 33.3 Å². The van der Waals surface area contributed by atoms with E-state index in [2.05, 4.69) is 63.0 Å². The Morgan fingerprint density at radius 2 is 1.82 bits per heavy atom. The molecular formula is C26H35IN4O2. The number of carbonyl (C=O) groups is 1. The summed E-state index contributed by atoms with van der Waals surface area (Å²) in [5.74, 6) is 2.35. The predicted molar refractivity (Wildman–Crippen MR) is 143 cm³/mol. The first-order valence-electron chi connectivity index (χ1n) is 11.7. The zero-order valence-electron chi connectivity index (χ0n) is 19.3. The number of benzene rings is 2. The molecule has 1 amide bonds. The molecule has 33 heavy (non-hydrogen) atoms. The molecule has 2 aromatic rings. The van der Waals surface area contributed by atoms with Crippen LogP contribution in [0.15, 0.2) is 59.6 Å². The number of guanidine groups is 1. The smallest absolute Gasteiger partial charge is 0.258 e. The van der Waals surface area contributed by atoms with Crippen LogP contribution in [-0.4, -0.2) is 56.1 Å². The van der Waals surface area contributed by atoms with E-state index in [1.54, 1.807) is 0 Å². The minimum absolute atomic E-state index is 0. The second kappa shape index (κ2) is 12.8. The van der Waals surface area contributed by atoms with Crippen molar-refractivity contribution >= 4 is 35.8 Å². The van der Waals surface area contributed by atoms with E-state index >= 15 is 0 Å². The van der Waals surface area contributed by atoms with Crippen LogP contribution in [-0.2, 0) is 17.6 Å². The van der Waals surface area contributed by atoms with E-state index in [0.29, 0.717) is 12.0 Å². The number of nitrogens with one attached hydrogen (secondary N) is 2. The first-order chi connectivity index (χ1) is 15.7. The maximum absolute atomic E-state index is 11.7. The van der Waals surface area contributed by atoms with Crippen LogP contribution in [0.25, 0.3) is 0 Å². The molecule has 0 spiro atoms. The second-order valence-electron chi connectivity index (χ2n) is 8.79. The van der Waals surface area contributed by atoms with E-state index < -0.39 is 0 Å². The summed E-state index contributed by atoms with van der Waals surface area (Å²) in [5, 5.41) is 6.44. The summed E-state index contributed by atoms with van der Waals surface area (Å²) in [6, 6.07) is 19.1. The van der Waals surface area contributed by atoms with Gasteiger partial charge < -0.3 is 20.3 Å². The Balaban J connectivity index is 0.00000306. The van der Waals surface area contributed by atoms with Gasteiger partial charge in [-0.05, 0) is 61.3 Å². The lowest BCUT2D eigenvalue weighted by Gasteiger charge is -2.22. The van der Waals surface area contributed by atoms with Gasteiger partial charge in [0.25, 0.3) is 5.91 Å². The van der Waals surface area contributed by atoms with Crippen LogP contribution in [0.4, 0.5) is 0 Å². The molecule has 2 aliphatic rings. The average Bonchev–Trinajstić information content (AvgIpc) is 3.52. The van der Waals surface area contributed by atoms with Crippen molar-refractivity contribution in [2.45, 2.75) is 38.1 Å². The topological polar surface area (TPSA) is 66.0 Å². The molecule has 2 N–H and O–H groups in total. The highest BCUT2D eigenvalue weighted by Crippen LogP contribution is 2.21. The van der Waals surface area contributed by atoms with Crippen molar-refractivity contribution < 1.29 is 9.53 Å². The van der Waals surface area contributed by atoms with Gasteiger partial charge >= 0.3 is 0 Å². The lowest BCUT2D eigenvalue weighted by Crippen LogP contribution is -2.41. The summed E-state index contributed by atoms with van der Waals surface area (Å²) < 4.78 is 5.58. The molecule has 2 fully saturated rings. The average molecular weight is 562 g/mol. The number of nitrogens with zero attached hydrogens (tertiary/aromatic N) is 2. The summed E-state index contributed by atoms with van der Waals surface area (Å²) >= 11 is 0. The van der Waals surface area contributed by atoms with E-state index in [1.165, 1.54) is 17.5 Å². The maximum atomic E-state index is 11.7. The second-order valence-corrected chi connectivity index (χ2v) is 8.79. The third-order valence-corrected chi connectivity index (χ3v) is 6.10. The van der Waals surface area contributed by atoms with Gasteiger partial charge in [-0.3, -0.25) is 9.79 Å². The molecule has 1 heterocycles. The monoisotopic (exact) mass is 562 g/mol. The van der Waals surface area contributed by atoms with E-state index in [4.69, 9.17) is 4.74 Å². The Morgan fingerprint density at radius 1 is 1.06 bits per heavy atom. The number of hydrogen-bond donors (Lipinski definition) is 2. The largest absolute Gasteiger partial charge is 0.484 e. The van der Waals surface area contributed by atoms with Gasteiger partial charge in [-0.2, -0.15) is 0 Å². The van der Waals surface area contributed by atoms with Crippen LogP contribution >= 0.6 is 24.0 Å². The van der Waals surface area contributed by atoms with E-state index in [-0.39, 0.29) is 36.5 Å².